The van der Waals surface area contributed by atoms with Crippen LogP contribution in [-0.2, 0) is 0 Å². The van der Waals surface area contributed by atoms with E-state index in [1.807, 2.05) is 44.2 Å². The van der Waals surface area contributed by atoms with Gasteiger partial charge >= 0.3 is 5.69 Å². The highest BCUT2D eigenvalue weighted by atomic mass is 16.2. The molecule has 0 aliphatic heterocycles. The maximum atomic E-state index is 12.3. The molecule has 0 atom stereocenters. The van der Waals surface area contributed by atoms with E-state index in [-0.39, 0.29) is 11.5 Å². The Hall–Kier alpha value is -3.29. The Kier molecular flexibility index (Phi) is 4.19. The number of nitrogens with one attached hydrogen (secondary N) is 2. The monoisotopic (exact) mass is 324 g/mol. The highest BCUT2D eigenvalue weighted by Crippen LogP contribution is 2.13. The molecule has 0 saturated heterocycles. The van der Waals surface area contributed by atoms with Crippen LogP contribution in [-0.4, -0.2) is 30.7 Å². The minimum Gasteiger partial charge on any atom is -0.267 e. The van der Waals surface area contributed by atoms with Crippen LogP contribution in [0, 0.1) is 0 Å². The first-order valence-electron chi connectivity index (χ1n) is 7.42. The van der Waals surface area contributed by atoms with Crippen LogP contribution in [0.5, 0.6) is 0 Å². The van der Waals surface area contributed by atoms with Gasteiger partial charge < -0.3 is 0 Å². The summed E-state index contributed by atoms with van der Waals surface area (Å²) >= 11 is 0. The molecule has 24 heavy (non-hydrogen) atoms. The fourth-order valence-corrected chi connectivity index (χ4v) is 2.15. The predicted octanol–water partition coefficient (Wildman–Crippen LogP) is 1.54. The standard InChI is InChI=1S/C16H16N6O2/c1-10(2)14-19-20-16(24)22(14)21-15(23)12-8-17-13(18-9-12)11-6-4-3-5-7-11/h3-10H,1-2H3,(H,20,24)(H,21,23). The predicted molar refractivity (Wildman–Crippen MR) is 88.1 cm³/mol. The van der Waals surface area contributed by atoms with Crippen LogP contribution >= 0.6 is 0 Å². The third-order valence-corrected chi connectivity index (χ3v) is 3.37. The Morgan fingerprint density at radius 3 is 2.46 bits per heavy atom. The van der Waals surface area contributed by atoms with Crippen molar-refractivity contribution in [1.29, 1.82) is 0 Å². The zero-order valence-electron chi connectivity index (χ0n) is 13.2. The SMILES string of the molecule is CC(C)c1n[nH]c(=O)n1NC(=O)c1cnc(-c2ccccc2)nc1. The van der Waals surface area contributed by atoms with Gasteiger partial charge in [-0.3, -0.25) is 10.2 Å². The molecule has 0 spiro atoms. The molecular weight excluding hydrogens is 308 g/mol. The molecule has 0 radical (unpaired) electrons. The highest BCUT2D eigenvalue weighted by molar-refractivity contribution is 5.99. The van der Waals surface area contributed by atoms with Crippen LogP contribution in [0.3, 0.4) is 0 Å². The van der Waals surface area contributed by atoms with Gasteiger partial charge in [-0.1, -0.05) is 44.2 Å². The first kappa shape index (κ1) is 15.6. The molecular formula is C16H16N6O2. The Morgan fingerprint density at radius 1 is 1.17 bits per heavy atom. The van der Waals surface area contributed by atoms with E-state index in [4.69, 9.17) is 0 Å². The molecule has 0 bridgehead atoms. The number of carbonyl (C=O) groups is 1. The number of benzene rings is 1. The van der Waals surface area contributed by atoms with Gasteiger partial charge in [-0.05, 0) is 0 Å². The number of amides is 1. The average molecular weight is 324 g/mol. The van der Waals surface area contributed by atoms with Gasteiger partial charge in [-0.15, -0.1) is 0 Å². The average Bonchev–Trinajstić information content (AvgIpc) is 2.97. The molecule has 8 nitrogen and oxygen atoms in total. The van der Waals surface area contributed by atoms with Crippen LogP contribution in [0.4, 0.5) is 0 Å². The van der Waals surface area contributed by atoms with E-state index in [0.717, 1.165) is 10.2 Å². The molecule has 2 heterocycles. The van der Waals surface area contributed by atoms with Gasteiger partial charge in [0, 0.05) is 23.9 Å². The molecule has 0 aliphatic carbocycles. The van der Waals surface area contributed by atoms with E-state index in [9.17, 15) is 9.59 Å². The Balaban J connectivity index is 1.82. The largest absolute Gasteiger partial charge is 0.362 e. The van der Waals surface area contributed by atoms with Gasteiger partial charge in [0.25, 0.3) is 5.91 Å². The minimum atomic E-state index is -0.506. The summed E-state index contributed by atoms with van der Waals surface area (Å²) < 4.78 is 1.10. The molecule has 0 aliphatic rings. The normalized spacial score (nSPS) is 10.8. The molecule has 2 N–H and O–H groups in total. The van der Waals surface area contributed by atoms with Crippen molar-refractivity contribution < 1.29 is 4.79 Å². The lowest BCUT2D eigenvalue weighted by molar-refractivity contribution is 0.101. The van der Waals surface area contributed by atoms with Crippen LogP contribution in [0.25, 0.3) is 11.4 Å². The van der Waals surface area contributed by atoms with Gasteiger partial charge in [0.15, 0.2) is 11.6 Å². The zero-order chi connectivity index (χ0) is 17.1. The number of rotatable bonds is 4. The summed E-state index contributed by atoms with van der Waals surface area (Å²) in [6.07, 6.45) is 2.84. The smallest absolute Gasteiger partial charge is 0.267 e. The van der Waals surface area contributed by atoms with E-state index >= 15 is 0 Å². The lowest BCUT2D eigenvalue weighted by atomic mass is 10.2. The molecule has 122 valence electrons. The number of hydrogen-bond acceptors (Lipinski definition) is 5. The molecule has 0 unspecified atom stereocenters. The molecule has 0 saturated carbocycles. The van der Waals surface area contributed by atoms with E-state index in [1.165, 1.54) is 12.4 Å². The Bertz CT molecular complexity index is 896. The minimum absolute atomic E-state index is 0.0269. The number of aromatic amines is 1. The number of H-pyrrole nitrogens is 1. The van der Waals surface area contributed by atoms with Crippen molar-refractivity contribution in [2.45, 2.75) is 19.8 Å². The molecule has 1 amide bonds. The van der Waals surface area contributed by atoms with Gasteiger partial charge in [0.2, 0.25) is 0 Å². The van der Waals surface area contributed by atoms with Gasteiger partial charge in [-0.25, -0.2) is 19.9 Å². The van der Waals surface area contributed by atoms with Crippen molar-refractivity contribution in [1.82, 2.24) is 24.8 Å². The van der Waals surface area contributed by atoms with E-state index in [0.29, 0.717) is 11.6 Å². The van der Waals surface area contributed by atoms with Crippen LogP contribution < -0.4 is 11.1 Å². The second-order valence-corrected chi connectivity index (χ2v) is 5.48. The molecule has 8 heteroatoms. The Labute approximate surface area is 137 Å². The van der Waals surface area contributed by atoms with Crippen molar-refractivity contribution in [3.05, 3.63) is 64.6 Å². The number of carbonyl (C=O) groups excluding carboxylic acids is 1. The summed E-state index contributed by atoms with van der Waals surface area (Å²) in [6.45, 7) is 3.74. The maximum absolute atomic E-state index is 12.3. The summed E-state index contributed by atoms with van der Waals surface area (Å²) in [6, 6.07) is 9.44. The van der Waals surface area contributed by atoms with Gasteiger partial charge in [0.1, 0.15) is 0 Å². The molecule has 2 aromatic heterocycles. The quantitative estimate of drug-likeness (QED) is 0.757. The van der Waals surface area contributed by atoms with Gasteiger partial charge in [0.05, 0.1) is 5.56 Å². The third-order valence-electron chi connectivity index (χ3n) is 3.37. The van der Waals surface area contributed by atoms with E-state index in [1.54, 1.807) is 0 Å². The molecule has 1 aromatic carbocycles. The van der Waals surface area contributed by atoms with Crippen LogP contribution in [0.1, 0.15) is 35.9 Å². The van der Waals surface area contributed by atoms with Crippen LogP contribution in [0.2, 0.25) is 0 Å². The van der Waals surface area contributed by atoms with Crippen molar-refractivity contribution in [3.63, 3.8) is 0 Å². The van der Waals surface area contributed by atoms with Crippen molar-refractivity contribution in [3.8, 4) is 11.4 Å². The second kappa shape index (κ2) is 6.45. The number of nitrogens with zero attached hydrogens (tertiary/aromatic N) is 4. The fourth-order valence-electron chi connectivity index (χ4n) is 2.15. The van der Waals surface area contributed by atoms with E-state index in [2.05, 4.69) is 25.6 Å². The lowest BCUT2D eigenvalue weighted by Crippen LogP contribution is -2.33. The third kappa shape index (κ3) is 3.07. The Morgan fingerprint density at radius 2 is 1.83 bits per heavy atom. The zero-order valence-corrected chi connectivity index (χ0v) is 13.2. The summed E-state index contributed by atoms with van der Waals surface area (Å²) in [5.41, 5.74) is 3.11. The highest BCUT2D eigenvalue weighted by Gasteiger charge is 2.15. The lowest BCUT2D eigenvalue weighted by Gasteiger charge is -2.09. The van der Waals surface area contributed by atoms with Crippen LogP contribution in [0.15, 0.2) is 47.5 Å². The topological polar surface area (TPSA) is 106 Å². The van der Waals surface area contributed by atoms with Crippen molar-refractivity contribution >= 4 is 5.91 Å². The first-order valence-corrected chi connectivity index (χ1v) is 7.42. The fraction of sp³-hybridized carbons (Fsp3) is 0.188. The van der Waals surface area contributed by atoms with Gasteiger partial charge in [-0.2, -0.15) is 9.77 Å². The van der Waals surface area contributed by atoms with Crippen molar-refractivity contribution in [2.24, 2.45) is 0 Å². The molecule has 0 fully saturated rings. The summed E-state index contributed by atoms with van der Waals surface area (Å²) in [5, 5.41) is 6.21. The first-order chi connectivity index (χ1) is 11.6. The number of hydrogen-bond donors (Lipinski definition) is 2. The van der Waals surface area contributed by atoms with E-state index < -0.39 is 11.6 Å². The number of aromatic nitrogens is 5. The second-order valence-electron chi connectivity index (χ2n) is 5.48. The summed E-state index contributed by atoms with van der Waals surface area (Å²) in [4.78, 5) is 32.4. The van der Waals surface area contributed by atoms with Crippen molar-refractivity contribution in [2.75, 3.05) is 5.43 Å². The molecule has 3 rings (SSSR count). The summed E-state index contributed by atoms with van der Waals surface area (Å²) in [5.74, 6) is 0.451. The summed E-state index contributed by atoms with van der Waals surface area (Å²) in [7, 11) is 0. The molecule has 3 aromatic rings. The maximum Gasteiger partial charge on any atom is 0.362 e.